The average molecular weight is 306 g/mol. The normalized spacial score (nSPS) is 13.5. The summed E-state index contributed by atoms with van der Waals surface area (Å²) < 4.78 is 4.81. The van der Waals surface area contributed by atoms with Gasteiger partial charge in [-0.1, -0.05) is 44.2 Å². The Kier molecular flexibility index (Phi) is 7.60. The van der Waals surface area contributed by atoms with Crippen LogP contribution in [0.25, 0.3) is 0 Å². The molecule has 1 aromatic carbocycles. The van der Waals surface area contributed by atoms with Crippen molar-refractivity contribution in [2.24, 2.45) is 5.92 Å². The molecule has 0 saturated carbocycles. The van der Waals surface area contributed by atoms with E-state index >= 15 is 0 Å². The standard InChI is InChI=1S/C17H26N2O3/c1-12(2)10-14(18-3)16(20)19-15(17(21)22-4)11-13-8-6-5-7-9-13/h5-9,12,14-15,18H,10-11H2,1-4H3,(H,19,20)/t14-,15+/m1/s1. The van der Waals surface area contributed by atoms with Crippen LogP contribution in [0.1, 0.15) is 25.8 Å². The van der Waals surface area contributed by atoms with Crippen molar-refractivity contribution in [3.8, 4) is 0 Å². The number of methoxy groups -OCH3 is 1. The van der Waals surface area contributed by atoms with Gasteiger partial charge in [-0.15, -0.1) is 0 Å². The van der Waals surface area contributed by atoms with Gasteiger partial charge in [-0.25, -0.2) is 4.79 Å². The second-order valence-corrected chi connectivity index (χ2v) is 5.74. The van der Waals surface area contributed by atoms with Gasteiger partial charge in [0.2, 0.25) is 5.91 Å². The molecular weight excluding hydrogens is 280 g/mol. The van der Waals surface area contributed by atoms with Crippen LogP contribution in [0.4, 0.5) is 0 Å². The lowest BCUT2D eigenvalue weighted by Crippen LogP contribution is -2.50. The van der Waals surface area contributed by atoms with Crippen molar-refractivity contribution in [1.29, 1.82) is 0 Å². The smallest absolute Gasteiger partial charge is 0.328 e. The Labute approximate surface area is 132 Å². The molecule has 1 amide bonds. The summed E-state index contributed by atoms with van der Waals surface area (Å²) in [7, 11) is 3.08. The maximum absolute atomic E-state index is 12.3. The topological polar surface area (TPSA) is 67.4 Å². The Morgan fingerprint density at radius 2 is 1.77 bits per heavy atom. The largest absolute Gasteiger partial charge is 0.467 e. The van der Waals surface area contributed by atoms with Crippen molar-refractivity contribution in [3.63, 3.8) is 0 Å². The van der Waals surface area contributed by atoms with Crippen LogP contribution in [-0.4, -0.2) is 38.1 Å². The van der Waals surface area contributed by atoms with E-state index in [0.717, 1.165) is 5.56 Å². The Balaban J connectivity index is 2.76. The first-order valence-electron chi connectivity index (χ1n) is 7.57. The first-order valence-corrected chi connectivity index (χ1v) is 7.57. The molecule has 5 nitrogen and oxygen atoms in total. The van der Waals surface area contributed by atoms with Crippen molar-refractivity contribution in [1.82, 2.24) is 10.6 Å². The molecule has 0 unspecified atom stereocenters. The molecule has 0 spiro atoms. The number of nitrogens with one attached hydrogen (secondary N) is 2. The third-order valence-electron chi connectivity index (χ3n) is 3.46. The highest BCUT2D eigenvalue weighted by atomic mass is 16.5. The zero-order valence-corrected chi connectivity index (χ0v) is 13.8. The van der Waals surface area contributed by atoms with Crippen molar-refractivity contribution in [3.05, 3.63) is 35.9 Å². The highest BCUT2D eigenvalue weighted by Gasteiger charge is 2.26. The molecule has 0 aliphatic heterocycles. The summed E-state index contributed by atoms with van der Waals surface area (Å²) in [5.74, 6) is -0.229. The molecule has 0 radical (unpaired) electrons. The number of carbonyl (C=O) groups excluding carboxylic acids is 2. The fourth-order valence-corrected chi connectivity index (χ4v) is 2.29. The number of benzene rings is 1. The third kappa shape index (κ3) is 5.85. The van der Waals surface area contributed by atoms with Crippen LogP contribution in [0.15, 0.2) is 30.3 Å². The van der Waals surface area contributed by atoms with Gasteiger partial charge >= 0.3 is 5.97 Å². The molecule has 0 aliphatic carbocycles. The number of amides is 1. The number of carbonyl (C=O) groups is 2. The molecular formula is C17H26N2O3. The van der Waals surface area contributed by atoms with Gasteiger partial charge in [-0.2, -0.15) is 0 Å². The fraction of sp³-hybridized carbons (Fsp3) is 0.529. The van der Waals surface area contributed by atoms with Crippen molar-refractivity contribution in [2.75, 3.05) is 14.2 Å². The summed E-state index contributed by atoms with van der Waals surface area (Å²) in [5, 5.41) is 5.79. The number of esters is 1. The first kappa shape index (κ1) is 18.2. The average Bonchev–Trinajstić information content (AvgIpc) is 2.51. The third-order valence-corrected chi connectivity index (χ3v) is 3.46. The predicted octanol–water partition coefficient (Wildman–Crippen LogP) is 1.52. The molecule has 122 valence electrons. The second-order valence-electron chi connectivity index (χ2n) is 5.74. The summed E-state index contributed by atoms with van der Waals surface area (Å²) in [5.41, 5.74) is 0.975. The van der Waals surface area contributed by atoms with Crippen LogP contribution in [0, 0.1) is 5.92 Å². The van der Waals surface area contributed by atoms with E-state index in [0.29, 0.717) is 18.8 Å². The van der Waals surface area contributed by atoms with Crippen LogP contribution < -0.4 is 10.6 Å². The van der Waals surface area contributed by atoms with Crippen molar-refractivity contribution in [2.45, 2.75) is 38.8 Å². The van der Waals surface area contributed by atoms with Crippen LogP contribution in [0.3, 0.4) is 0 Å². The SMILES string of the molecule is CN[C@H](CC(C)C)C(=O)N[C@@H](Cc1ccccc1)C(=O)OC. The number of likely N-dealkylation sites (N-methyl/N-ethyl adjacent to an activating group) is 1. The number of rotatable bonds is 8. The fourth-order valence-electron chi connectivity index (χ4n) is 2.29. The highest BCUT2D eigenvalue weighted by molar-refractivity contribution is 5.87. The first-order chi connectivity index (χ1) is 10.5. The van der Waals surface area contributed by atoms with E-state index in [4.69, 9.17) is 4.74 Å². The van der Waals surface area contributed by atoms with Gasteiger partial charge in [0.25, 0.3) is 0 Å². The minimum atomic E-state index is -0.678. The van der Waals surface area contributed by atoms with Crippen LogP contribution >= 0.6 is 0 Å². The summed E-state index contributed by atoms with van der Waals surface area (Å²) in [6.45, 7) is 4.11. The van der Waals surface area contributed by atoms with Crippen LogP contribution in [-0.2, 0) is 20.7 Å². The number of ether oxygens (including phenoxy) is 1. The van der Waals surface area contributed by atoms with E-state index in [1.165, 1.54) is 7.11 Å². The van der Waals surface area contributed by atoms with E-state index in [1.54, 1.807) is 7.05 Å². The molecule has 0 bridgehead atoms. The van der Waals surface area contributed by atoms with Crippen molar-refractivity contribution < 1.29 is 14.3 Å². The monoisotopic (exact) mass is 306 g/mol. The molecule has 0 aromatic heterocycles. The van der Waals surface area contributed by atoms with E-state index in [1.807, 2.05) is 30.3 Å². The van der Waals surface area contributed by atoms with Gasteiger partial charge in [-0.05, 0) is 24.9 Å². The van der Waals surface area contributed by atoms with E-state index in [9.17, 15) is 9.59 Å². The van der Waals surface area contributed by atoms with E-state index in [2.05, 4.69) is 24.5 Å². The molecule has 0 aliphatic rings. The molecule has 0 fully saturated rings. The number of hydrogen-bond acceptors (Lipinski definition) is 4. The van der Waals surface area contributed by atoms with Gasteiger partial charge in [0.15, 0.2) is 0 Å². The van der Waals surface area contributed by atoms with Gasteiger partial charge in [0.05, 0.1) is 13.2 Å². The Morgan fingerprint density at radius 3 is 2.27 bits per heavy atom. The van der Waals surface area contributed by atoms with Gasteiger partial charge < -0.3 is 15.4 Å². The minimum Gasteiger partial charge on any atom is -0.467 e. The quantitative estimate of drug-likeness (QED) is 0.715. The minimum absolute atomic E-state index is 0.178. The van der Waals surface area contributed by atoms with E-state index in [-0.39, 0.29) is 11.9 Å². The Hall–Kier alpha value is -1.88. The number of hydrogen-bond donors (Lipinski definition) is 2. The molecule has 0 heterocycles. The van der Waals surface area contributed by atoms with Crippen LogP contribution in [0.5, 0.6) is 0 Å². The second kappa shape index (κ2) is 9.20. The van der Waals surface area contributed by atoms with Gasteiger partial charge in [0.1, 0.15) is 6.04 Å². The van der Waals surface area contributed by atoms with Crippen LogP contribution in [0.2, 0.25) is 0 Å². The summed E-state index contributed by atoms with van der Waals surface area (Å²) >= 11 is 0. The molecule has 22 heavy (non-hydrogen) atoms. The summed E-state index contributed by atoms with van der Waals surface area (Å²) in [6.07, 6.45) is 1.12. The van der Waals surface area contributed by atoms with E-state index < -0.39 is 12.0 Å². The lowest BCUT2D eigenvalue weighted by molar-refractivity contribution is -0.145. The zero-order valence-electron chi connectivity index (χ0n) is 13.8. The maximum atomic E-state index is 12.3. The lowest BCUT2D eigenvalue weighted by Gasteiger charge is -2.22. The molecule has 1 aromatic rings. The molecule has 0 saturated heterocycles. The summed E-state index contributed by atoms with van der Waals surface area (Å²) in [4.78, 5) is 24.3. The van der Waals surface area contributed by atoms with Gasteiger partial charge in [-0.3, -0.25) is 4.79 Å². The predicted molar refractivity (Wildman–Crippen MR) is 86.4 cm³/mol. The highest BCUT2D eigenvalue weighted by Crippen LogP contribution is 2.08. The molecule has 2 atom stereocenters. The molecule has 1 rings (SSSR count). The lowest BCUT2D eigenvalue weighted by atomic mass is 10.0. The summed E-state index contributed by atoms with van der Waals surface area (Å²) in [6, 6.07) is 8.57. The molecule has 2 N–H and O–H groups in total. The Bertz CT molecular complexity index is 474. The zero-order chi connectivity index (χ0) is 16.5. The van der Waals surface area contributed by atoms with Gasteiger partial charge in [0, 0.05) is 6.42 Å². The Morgan fingerprint density at radius 1 is 1.14 bits per heavy atom. The molecule has 5 heteroatoms. The maximum Gasteiger partial charge on any atom is 0.328 e. The van der Waals surface area contributed by atoms with Crippen molar-refractivity contribution >= 4 is 11.9 Å².